The smallest absolute Gasteiger partial charge is 0.411 e. The summed E-state index contributed by atoms with van der Waals surface area (Å²) in [5.74, 6) is 0. The highest BCUT2D eigenvalue weighted by molar-refractivity contribution is 7.92. The average Bonchev–Trinajstić information content (AvgIpc) is 2.68. The first-order valence-corrected chi connectivity index (χ1v) is 9.67. The molecule has 2 N–H and O–H groups in total. The molecular formula is C20H18N2O4S. The van der Waals surface area contributed by atoms with Gasteiger partial charge < -0.3 is 4.74 Å². The fourth-order valence-electron chi connectivity index (χ4n) is 2.31. The zero-order chi connectivity index (χ0) is 19.1. The van der Waals surface area contributed by atoms with E-state index in [1.165, 1.54) is 24.3 Å². The number of anilines is 2. The Morgan fingerprint density at radius 3 is 2.00 bits per heavy atom. The number of amides is 1. The number of carbonyl (C=O) groups is 1. The molecule has 0 saturated carbocycles. The number of rotatable bonds is 6. The molecule has 0 radical (unpaired) electrons. The maximum atomic E-state index is 12.4. The van der Waals surface area contributed by atoms with Crippen LogP contribution in [0.4, 0.5) is 16.2 Å². The normalized spacial score (nSPS) is 10.8. The summed E-state index contributed by atoms with van der Waals surface area (Å²) >= 11 is 0. The van der Waals surface area contributed by atoms with Gasteiger partial charge in [0, 0.05) is 11.4 Å². The van der Waals surface area contributed by atoms with Crippen molar-refractivity contribution in [2.45, 2.75) is 11.5 Å². The molecule has 0 heterocycles. The first-order chi connectivity index (χ1) is 13.0. The van der Waals surface area contributed by atoms with Crippen molar-refractivity contribution in [2.24, 2.45) is 0 Å². The van der Waals surface area contributed by atoms with Crippen molar-refractivity contribution in [1.82, 2.24) is 0 Å². The molecule has 0 aliphatic rings. The Kier molecular flexibility index (Phi) is 5.73. The largest absolute Gasteiger partial charge is 0.444 e. The van der Waals surface area contributed by atoms with E-state index in [4.69, 9.17) is 4.74 Å². The Hall–Kier alpha value is -3.32. The summed E-state index contributed by atoms with van der Waals surface area (Å²) in [7, 11) is -3.70. The average molecular weight is 382 g/mol. The summed E-state index contributed by atoms with van der Waals surface area (Å²) in [5, 5.41) is 2.56. The van der Waals surface area contributed by atoms with Gasteiger partial charge in [-0.05, 0) is 42.0 Å². The SMILES string of the molecule is O=C(Nc1ccc(S(=O)(=O)Nc2ccccc2)cc1)OCc1ccccc1. The van der Waals surface area contributed by atoms with E-state index >= 15 is 0 Å². The number of sulfonamides is 1. The van der Waals surface area contributed by atoms with Crippen molar-refractivity contribution < 1.29 is 17.9 Å². The van der Waals surface area contributed by atoms with Crippen LogP contribution in [0.3, 0.4) is 0 Å². The van der Waals surface area contributed by atoms with Gasteiger partial charge >= 0.3 is 6.09 Å². The van der Waals surface area contributed by atoms with Crippen LogP contribution in [-0.2, 0) is 21.4 Å². The minimum absolute atomic E-state index is 0.0922. The van der Waals surface area contributed by atoms with Gasteiger partial charge in [-0.1, -0.05) is 48.5 Å². The number of nitrogens with one attached hydrogen (secondary N) is 2. The number of hydrogen-bond acceptors (Lipinski definition) is 4. The molecule has 27 heavy (non-hydrogen) atoms. The summed E-state index contributed by atoms with van der Waals surface area (Å²) in [5.41, 5.74) is 1.79. The quantitative estimate of drug-likeness (QED) is 0.668. The monoisotopic (exact) mass is 382 g/mol. The van der Waals surface area contributed by atoms with Gasteiger partial charge in [-0.2, -0.15) is 0 Å². The molecule has 0 bridgehead atoms. The molecule has 3 aromatic rings. The summed E-state index contributed by atoms with van der Waals surface area (Å²) < 4.78 is 32.4. The molecule has 0 aliphatic carbocycles. The molecule has 0 saturated heterocycles. The van der Waals surface area contributed by atoms with Gasteiger partial charge in [-0.15, -0.1) is 0 Å². The predicted octanol–water partition coefficient (Wildman–Crippen LogP) is 4.24. The topological polar surface area (TPSA) is 84.5 Å². The molecule has 0 unspecified atom stereocenters. The van der Waals surface area contributed by atoms with E-state index in [-0.39, 0.29) is 11.5 Å². The van der Waals surface area contributed by atoms with E-state index in [0.29, 0.717) is 11.4 Å². The van der Waals surface area contributed by atoms with E-state index in [1.54, 1.807) is 30.3 Å². The molecule has 0 fully saturated rings. The van der Waals surface area contributed by atoms with Crippen LogP contribution in [0.25, 0.3) is 0 Å². The van der Waals surface area contributed by atoms with Crippen molar-refractivity contribution in [1.29, 1.82) is 0 Å². The zero-order valence-electron chi connectivity index (χ0n) is 14.3. The molecular weight excluding hydrogens is 364 g/mol. The van der Waals surface area contributed by atoms with Gasteiger partial charge in [0.1, 0.15) is 6.61 Å². The molecule has 3 aromatic carbocycles. The lowest BCUT2D eigenvalue weighted by molar-refractivity contribution is 0.155. The number of carbonyl (C=O) groups excluding carboxylic acids is 1. The third kappa shape index (κ3) is 5.32. The van der Waals surface area contributed by atoms with E-state index < -0.39 is 16.1 Å². The van der Waals surface area contributed by atoms with Crippen molar-refractivity contribution in [2.75, 3.05) is 10.0 Å². The second kappa shape index (κ2) is 8.37. The lowest BCUT2D eigenvalue weighted by Crippen LogP contribution is -2.15. The number of hydrogen-bond donors (Lipinski definition) is 2. The highest BCUT2D eigenvalue weighted by atomic mass is 32.2. The lowest BCUT2D eigenvalue weighted by Gasteiger charge is -2.10. The highest BCUT2D eigenvalue weighted by Gasteiger charge is 2.14. The molecule has 6 nitrogen and oxygen atoms in total. The maximum Gasteiger partial charge on any atom is 0.411 e. The van der Waals surface area contributed by atoms with Crippen LogP contribution in [0.15, 0.2) is 89.8 Å². The Morgan fingerprint density at radius 2 is 1.37 bits per heavy atom. The van der Waals surface area contributed by atoms with Gasteiger partial charge in [0.25, 0.3) is 10.0 Å². The van der Waals surface area contributed by atoms with Crippen molar-refractivity contribution in [3.63, 3.8) is 0 Å². The van der Waals surface area contributed by atoms with E-state index in [9.17, 15) is 13.2 Å². The Labute approximate surface area is 157 Å². The Bertz CT molecular complexity index is 989. The van der Waals surface area contributed by atoms with Crippen LogP contribution in [-0.4, -0.2) is 14.5 Å². The minimum atomic E-state index is -3.70. The summed E-state index contributed by atoms with van der Waals surface area (Å²) in [6.07, 6.45) is -0.614. The Balaban J connectivity index is 1.59. The molecule has 0 aliphatic heterocycles. The predicted molar refractivity (Wildman–Crippen MR) is 104 cm³/mol. The molecule has 138 valence electrons. The summed E-state index contributed by atoms with van der Waals surface area (Å²) in [6.45, 7) is 0.153. The fraction of sp³-hybridized carbons (Fsp3) is 0.0500. The first-order valence-electron chi connectivity index (χ1n) is 8.18. The molecule has 0 atom stereocenters. The van der Waals surface area contributed by atoms with Crippen LogP contribution in [0, 0.1) is 0 Å². The zero-order valence-corrected chi connectivity index (χ0v) is 15.1. The van der Waals surface area contributed by atoms with Gasteiger partial charge in [0.2, 0.25) is 0 Å². The summed E-state index contributed by atoms with van der Waals surface area (Å²) in [6, 6.07) is 23.8. The Morgan fingerprint density at radius 1 is 0.778 bits per heavy atom. The van der Waals surface area contributed by atoms with Crippen molar-refractivity contribution in [3.05, 3.63) is 90.5 Å². The third-order valence-corrected chi connectivity index (χ3v) is 5.05. The molecule has 7 heteroatoms. The van der Waals surface area contributed by atoms with Crippen LogP contribution >= 0.6 is 0 Å². The molecule has 3 rings (SSSR count). The second-order valence-corrected chi connectivity index (χ2v) is 7.37. The van der Waals surface area contributed by atoms with Crippen LogP contribution in [0.1, 0.15) is 5.56 Å². The summed E-state index contributed by atoms with van der Waals surface area (Å²) in [4.78, 5) is 11.9. The number of ether oxygens (including phenoxy) is 1. The van der Waals surface area contributed by atoms with E-state index in [1.807, 2.05) is 30.3 Å². The van der Waals surface area contributed by atoms with Gasteiger partial charge in [0.05, 0.1) is 4.90 Å². The molecule has 1 amide bonds. The van der Waals surface area contributed by atoms with E-state index in [0.717, 1.165) is 5.56 Å². The van der Waals surface area contributed by atoms with Gasteiger partial charge in [-0.3, -0.25) is 10.0 Å². The fourth-order valence-corrected chi connectivity index (χ4v) is 3.37. The molecule has 0 spiro atoms. The van der Waals surface area contributed by atoms with Crippen molar-refractivity contribution >= 4 is 27.5 Å². The first kappa shape index (κ1) is 18.5. The minimum Gasteiger partial charge on any atom is -0.444 e. The number of para-hydroxylation sites is 1. The number of benzene rings is 3. The standard InChI is InChI=1S/C20H18N2O4S/c23-20(26-15-16-7-3-1-4-8-16)21-17-11-13-19(14-12-17)27(24,25)22-18-9-5-2-6-10-18/h1-14,22H,15H2,(H,21,23). The third-order valence-electron chi connectivity index (χ3n) is 3.65. The van der Waals surface area contributed by atoms with E-state index in [2.05, 4.69) is 10.0 Å². The van der Waals surface area contributed by atoms with Crippen LogP contribution < -0.4 is 10.0 Å². The lowest BCUT2D eigenvalue weighted by atomic mass is 10.2. The maximum absolute atomic E-state index is 12.4. The van der Waals surface area contributed by atoms with Gasteiger partial charge in [0.15, 0.2) is 0 Å². The second-order valence-electron chi connectivity index (χ2n) is 5.68. The van der Waals surface area contributed by atoms with Crippen LogP contribution in [0.2, 0.25) is 0 Å². The van der Waals surface area contributed by atoms with Crippen molar-refractivity contribution in [3.8, 4) is 0 Å². The van der Waals surface area contributed by atoms with Gasteiger partial charge in [-0.25, -0.2) is 13.2 Å². The van der Waals surface area contributed by atoms with Crippen LogP contribution in [0.5, 0.6) is 0 Å². The molecule has 0 aromatic heterocycles. The highest BCUT2D eigenvalue weighted by Crippen LogP contribution is 2.18.